The Morgan fingerprint density at radius 2 is 1.86 bits per heavy atom. The van der Waals surface area contributed by atoms with E-state index in [1.165, 1.54) is 0 Å². The number of carbonyl (C=O) groups excluding carboxylic acids is 3. The highest BCUT2D eigenvalue weighted by Gasteiger charge is 2.28. The Morgan fingerprint density at radius 3 is 2.43 bits per heavy atom. The average molecular weight is 288 g/mol. The molecule has 1 saturated carbocycles. The van der Waals surface area contributed by atoms with Crippen LogP contribution in [-0.2, 0) is 9.59 Å². The first-order valence-electron chi connectivity index (χ1n) is 7.29. The lowest BCUT2D eigenvalue weighted by Crippen LogP contribution is -2.47. The standard InChI is InChI=1S/C16H20N2O3/c1-2-13(14(19)16(21)17-10-11-8-9-11)18-15(20)12-6-4-3-5-7-12/h3-7,11,13H,2,8-10H2,1H3,(H,17,21)(H,18,20). The van der Waals surface area contributed by atoms with Gasteiger partial charge in [0, 0.05) is 12.1 Å². The van der Waals surface area contributed by atoms with E-state index >= 15 is 0 Å². The van der Waals surface area contributed by atoms with Crippen molar-refractivity contribution in [3.63, 3.8) is 0 Å². The first kappa shape index (κ1) is 15.2. The molecule has 1 aromatic rings. The molecule has 1 aliphatic rings. The van der Waals surface area contributed by atoms with Crippen LogP contribution in [0.5, 0.6) is 0 Å². The SMILES string of the molecule is CCC(NC(=O)c1ccccc1)C(=O)C(=O)NCC1CC1. The molecule has 2 amide bonds. The van der Waals surface area contributed by atoms with E-state index in [9.17, 15) is 14.4 Å². The van der Waals surface area contributed by atoms with E-state index in [1.54, 1.807) is 31.2 Å². The molecule has 2 N–H and O–H groups in total. The predicted molar refractivity (Wildman–Crippen MR) is 78.7 cm³/mol. The van der Waals surface area contributed by atoms with Gasteiger partial charge in [0.15, 0.2) is 0 Å². The molecule has 1 fully saturated rings. The van der Waals surface area contributed by atoms with E-state index in [0.717, 1.165) is 12.8 Å². The molecule has 112 valence electrons. The second-order valence-corrected chi connectivity index (χ2v) is 5.32. The number of carbonyl (C=O) groups is 3. The number of Topliss-reactive ketones (excluding diaryl/α,β-unsaturated/α-hetero) is 1. The molecule has 0 aromatic heterocycles. The molecule has 1 aliphatic carbocycles. The fourth-order valence-corrected chi connectivity index (χ4v) is 1.99. The van der Waals surface area contributed by atoms with Gasteiger partial charge in [0.05, 0.1) is 6.04 Å². The summed E-state index contributed by atoms with van der Waals surface area (Å²) in [7, 11) is 0. The lowest BCUT2D eigenvalue weighted by Gasteiger charge is -2.15. The van der Waals surface area contributed by atoms with Crippen LogP contribution < -0.4 is 10.6 Å². The molecule has 0 saturated heterocycles. The summed E-state index contributed by atoms with van der Waals surface area (Å²) in [5.41, 5.74) is 0.474. The van der Waals surface area contributed by atoms with Crippen molar-refractivity contribution in [3.05, 3.63) is 35.9 Å². The van der Waals surface area contributed by atoms with Gasteiger partial charge in [0.2, 0.25) is 5.78 Å². The fraction of sp³-hybridized carbons (Fsp3) is 0.438. The highest BCUT2D eigenvalue weighted by Crippen LogP contribution is 2.27. The van der Waals surface area contributed by atoms with Crippen LogP contribution in [0.1, 0.15) is 36.5 Å². The van der Waals surface area contributed by atoms with Crippen LogP contribution >= 0.6 is 0 Å². The first-order chi connectivity index (χ1) is 10.1. The summed E-state index contributed by atoms with van der Waals surface area (Å²) in [5, 5.41) is 5.25. The molecule has 21 heavy (non-hydrogen) atoms. The van der Waals surface area contributed by atoms with Crippen LogP contribution in [-0.4, -0.2) is 30.2 Å². The quantitative estimate of drug-likeness (QED) is 0.742. The van der Waals surface area contributed by atoms with Crippen LogP contribution in [0, 0.1) is 5.92 Å². The van der Waals surface area contributed by atoms with Gasteiger partial charge < -0.3 is 10.6 Å². The monoisotopic (exact) mass is 288 g/mol. The van der Waals surface area contributed by atoms with Crippen molar-refractivity contribution in [2.45, 2.75) is 32.2 Å². The maximum Gasteiger partial charge on any atom is 0.289 e. The molecule has 2 rings (SSSR count). The summed E-state index contributed by atoms with van der Waals surface area (Å²) in [6.07, 6.45) is 2.60. The van der Waals surface area contributed by atoms with Gasteiger partial charge in [-0.05, 0) is 37.3 Å². The van der Waals surface area contributed by atoms with Gasteiger partial charge >= 0.3 is 0 Å². The zero-order chi connectivity index (χ0) is 15.2. The third kappa shape index (κ3) is 4.41. The Bertz CT molecular complexity index is 524. The van der Waals surface area contributed by atoms with Gasteiger partial charge in [-0.3, -0.25) is 14.4 Å². The maximum atomic E-state index is 12.0. The Balaban J connectivity index is 1.90. The largest absolute Gasteiger partial charge is 0.349 e. The van der Waals surface area contributed by atoms with Gasteiger partial charge in [-0.2, -0.15) is 0 Å². The van der Waals surface area contributed by atoms with E-state index in [4.69, 9.17) is 0 Å². The van der Waals surface area contributed by atoms with Gasteiger partial charge in [-0.15, -0.1) is 0 Å². The number of nitrogens with one attached hydrogen (secondary N) is 2. The Kier molecular flexibility index (Phi) is 5.09. The van der Waals surface area contributed by atoms with Gasteiger partial charge in [0.25, 0.3) is 11.8 Å². The highest BCUT2D eigenvalue weighted by atomic mass is 16.2. The number of ketones is 1. The van der Waals surface area contributed by atoms with Crippen molar-refractivity contribution < 1.29 is 14.4 Å². The molecular weight excluding hydrogens is 268 g/mol. The van der Waals surface area contributed by atoms with Gasteiger partial charge in [0.1, 0.15) is 0 Å². The third-order valence-electron chi connectivity index (χ3n) is 3.54. The second-order valence-electron chi connectivity index (χ2n) is 5.32. The minimum Gasteiger partial charge on any atom is -0.349 e. The summed E-state index contributed by atoms with van der Waals surface area (Å²) in [4.78, 5) is 35.9. The van der Waals surface area contributed by atoms with Crippen molar-refractivity contribution in [2.75, 3.05) is 6.54 Å². The number of hydrogen-bond acceptors (Lipinski definition) is 3. The molecule has 5 nitrogen and oxygen atoms in total. The van der Waals surface area contributed by atoms with Crippen molar-refractivity contribution in [3.8, 4) is 0 Å². The number of benzene rings is 1. The molecule has 1 atom stereocenters. The number of amides is 2. The molecule has 1 aromatic carbocycles. The zero-order valence-electron chi connectivity index (χ0n) is 12.1. The lowest BCUT2D eigenvalue weighted by molar-refractivity contribution is -0.139. The van der Waals surface area contributed by atoms with Crippen molar-refractivity contribution in [2.24, 2.45) is 5.92 Å². The molecule has 1 unspecified atom stereocenters. The molecule has 0 aliphatic heterocycles. The minimum absolute atomic E-state index is 0.342. The summed E-state index contributed by atoms with van der Waals surface area (Å²) in [5.74, 6) is -1.02. The summed E-state index contributed by atoms with van der Waals surface area (Å²) in [6, 6.07) is 7.86. The van der Waals surface area contributed by atoms with Crippen LogP contribution in [0.15, 0.2) is 30.3 Å². The molecule has 0 heterocycles. The molecule has 5 heteroatoms. The van der Waals surface area contributed by atoms with Crippen LogP contribution in [0.2, 0.25) is 0 Å². The van der Waals surface area contributed by atoms with Crippen molar-refractivity contribution >= 4 is 17.6 Å². The van der Waals surface area contributed by atoms with Gasteiger partial charge in [-0.1, -0.05) is 25.1 Å². The van der Waals surface area contributed by atoms with Crippen LogP contribution in [0.3, 0.4) is 0 Å². The number of hydrogen-bond donors (Lipinski definition) is 2. The minimum atomic E-state index is -0.781. The fourth-order valence-electron chi connectivity index (χ4n) is 1.99. The summed E-state index contributed by atoms with van der Waals surface area (Å²) >= 11 is 0. The van der Waals surface area contributed by atoms with E-state index < -0.39 is 17.7 Å². The Hall–Kier alpha value is -2.17. The third-order valence-corrected chi connectivity index (χ3v) is 3.54. The van der Waals surface area contributed by atoms with E-state index in [-0.39, 0.29) is 5.91 Å². The number of rotatable bonds is 7. The topological polar surface area (TPSA) is 75.3 Å². The average Bonchev–Trinajstić information content (AvgIpc) is 3.34. The van der Waals surface area contributed by atoms with Crippen molar-refractivity contribution in [1.29, 1.82) is 0 Å². The van der Waals surface area contributed by atoms with E-state index in [2.05, 4.69) is 10.6 Å². The lowest BCUT2D eigenvalue weighted by atomic mass is 10.1. The Morgan fingerprint density at radius 1 is 1.19 bits per heavy atom. The normalized spacial score (nSPS) is 15.1. The molecule has 0 bridgehead atoms. The van der Waals surface area contributed by atoms with E-state index in [1.807, 2.05) is 6.07 Å². The molecule has 0 radical (unpaired) electrons. The van der Waals surface area contributed by atoms with Crippen molar-refractivity contribution in [1.82, 2.24) is 10.6 Å². The second kappa shape index (κ2) is 7.02. The van der Waals surface area contributed by atoms with Crippen LogP contribution in [0.4, 0.5) is 0 Å². The first-order valence-corrected chi connectivity index (χ1v) is 7.29. The van der Waals surface area contributed by atoms with Crippen LogP contribution in [0.25, 0.3) is 0 Å². The zero-order valence-corrected chi connectivity index (χ0v) is 12.1. The molecule has 0 spiro atoms. The van der Waals surface area contributed by atoms with Gasteiger partial charge in [-0.25, -0.2) is 0 Å². The Labute approximate surface area is 124 Å². The van der Waals surface area contributed by atoms with E-state index in [0.29, 0.717) is 24.4 Å². The summed E-state index contributed by atoms with van der Waals surface area (Å²) in [6.45, 7) is 2.32. The summed E-state index contributed by atoms with van der Waals surface area (Å²) < 4.78 is 0. The maximum absolute atomic E-state index is 12.0. The predicted octanol–water partition coefficient (Wildman–Crippen LogP) is 1.29. The smallest absolute Gasteiger partial charge is 0.289 e. The molecular formula is C16H20N2O3. The highest BCUT2D eigenvalue weighted by molar-refractivity contribution is 6.38.